The van der Waals surface area contributed by atoms with Crippen molar-refractivity contribution in [2.75, 3.05) is 0 Å². The summed E-state index contributed by atoms with van der Waals surface area (Å²) in [5.41, 5.74) is 0.530. The zero-order valence-corrected chi connectivity index (χ0v) is 6.88. The lowest BCUT2D eigenvalue weighted by Crippen LogP contribution is -1.83. The van der Waals surface area contributed by atoms with Crippen molar-refractivity contribution in [2.45, 2.75) is 11.6 Å². The van der Waals surface area contributed by atoms with E-state index in [1.165, 1.54) is 24.3 Å². The van der Waals surface area contributed by atoms with Crippen LogP contribution in [0.15, 0.2) is 29.2 Å². The highest BCUT2D eigenvalue weighted by Gasteiger charge is 2.03. The van der Waals surface area contributed by atoms with E-state index in [-0.39, 0.29) is 0 Å². The summed E-state index contributed by atoms with van der Waals surface area (Å²) >= 11 is 0.517. The number of hydrogen-bond donors (Lipinski definition) is 0. The van der Waals surface area contributed by atoms with Crippen LogP contribution in [-0.2, 0) is 6.67 Å². The topological polar surface area (TPSA) is 43.1 Å². The zero-order chi connectivity index (χ0) is 8.97. The number of halogens is 1. The molecule has 0 bridgehead atoms. The summed E-state index contributed by atoms with van der Waals surface area (Å²) in [7, 11) is 0. The summed E-state index contributed by atoms with van der Waals surface area (Å²) in [6.07, 6.45) is 0. The van der Waals surface area contributed by atoms with Crippen molar-refractivity contribution in [1.29, 1.82) is 0 Å². The molecule has 5 heteroatoms. The quantitative estimate of drug-likeness (QED) is 0.414. The van der Waals surface area contributed by atoms with Gasteiger partial charge in [-0.2, -0.15) is 0 Å². The third kappa shape index (κ3) is 2.50. The average Bonchev–Trinajstić information content (AvgIpc) is 2.05. The largest absolute Gasteiger partial charge is 0.265 e. The van der Waals surface area contributed by atoms with Gasteiger partial charge in [0.05, 0.1) is 4.90 Å². The van der Waals surface area contributed by atoms with Crippen molar-refractivity contribution in [2.24, 2.45) is 0 Å². The summed E-state index contributed by atoms with van der Waals surface area (Å²) in [6.45, 7) is -0.538. The van der Waals surface area contributed by atoms with Gasteiger partial charge in [-0.3, -0.25) is 10.1 Å². The van der Waals surface area contributed by atoms with E-state index in [0.717, 1.165) is 0 Å². The van der Waals surface area contributed by atoms with E-state index in [1.807, 2.05) is 0 Å². The fourth-order valence-corrected chi connectivity index (χ4v) is 1.16. The van der Waals surface area contributed by atoms with Crippen molar-refractivity contribution in [3.8, 4) is 0 Å². The van der Waals surface area contributed by atoms with Crippen molar-refractivity contribution < 1.29 is 8.72 Å². The normalized spacial score (nSPS) is 9.75. The minimum atomic E-state index is -0.538. The molecule has 0 spiro atoms. The second kappa shape index (κ2) is 4.06. The first-order valence-electron chi connectivity index (χ1n) is 3.19. The Kier molecular flexibility index (Phi) is 3.04. The van der Waals surface area contributed by atoms with Crippen molar-refractivity contribution in [1.82, 2.24) is 0 Å². The molecule has 0 amide bonds. The number of hydrogen-bond acceptors (Lipinski definition) is 3. The maximum Gasteiger partial charge on any atom is 0.265 e. The van der Waals surface area contributed by atoms with Gasteiger partial charge < -0.3 is 0 Å². The minimum absolute atomic E-state index is 0.496. The summed E-state index contributed by atoms with van der Waals surface area (Å²) in [6, 6.07) is 6.13. The van der Waals surface area contributed by atoms with E-state index >= 15 is 0 Å². The van der Waals surface area contributed by atoms with Crippen LogP contribution in [-0.4, -0.2) is 4.33 Å². The van der Waals surface area contributed by atoms with E-state index in [9.17, 15) is 14.5 Å². The van der Waals surface area contributed by atoms with E-state index in [1.54, 1.807) is 0 Å². The van der Waals surface area contributed by atoms with E-state index < -0.39 is 11.0 Å². The maximum absolute atomic E-state index is 12.0. The van der Waals surface area contributed by atoms with Crippen molar-refractivity contribution >= 4 is 11.9 Å². The molecule has 1 aromatic rings. The van der Waals surface area contributed by atoms with Gasteiger partial charge in [0.1, 0.15) is 11.0 Å². The number of rotatable bonds is 3. The van der Waals surface area contributed by atoms with Gasteiger partial charge >= 0.3 is 0 Å². The second-order valence-corrected chi connectivity index (χ2v) is 3.04. The smallest absolute Gasteiger partial charge is 0.250 e. The fourth-order valence-electron chi connectivity index (χ4n) is 0.725. The number of nitro groups is 1. The van der Waals surface area contributed by atoms with Crippen LogP contribution in [0.5, 0.6) is 0 Å². The van der Waals surface area contributed by atoms with E-state index in [0.29, 0.717) is 22.4 Å². The molecule has 0 atom stereocenters. The molecule has 0 aromatic heterocycles. The molecule has 0 radical (unpaired) electrons. The first kappa shape index (κ1) is 8.99. The SMILES string of the molecule is O=[N+]([O-])Sc1ccc(CF)cc1. The summed E-state index contributed by atoms with van der Waals surface area (Å²) in [5, 5.41) is 10.0. The molecule has 12 heavy (non-hydrogen) atoms. The number of benzene rings is 1. The predicted octanol–water partition coefficient (Wildman–Crippen LogP) is 2.44. The maximum atomic E-state index is 12.0. The molecule has 0 aliphatic heterocycles. The van der Waals surface area contributed by atoms with Crippen LogP contribution in [0.4, 0.5) is 4.39 Å². The Morgan fingerprint density at radius 3 is 2.42 bits per heavy atom. The minimum Gasteiger partial charge on any atom is -0.250 e. The first-order valence-corrected chi connectivity index (χ1v) is 3.97. The molecule has 0 saturated carbocycles. The molecule has 64 valence electrons. The lowest BCUT2D eigenvalue weighted by molar-refractivity contribution is -0.284. The second-order valence-electron chi connectivity index (χ2n) is 2.09. The third-order valence-electron chi connectivity index (χ3n) is 1.26. The van der Waals surface area contributed by atoms with Gasteiger partial charge in [-0.05, 0) is 17.7 Å². The van der Waals surface area contributed by atoms with Gasteiger partial charge in [-0.1, -0.05) is 12.1 Å². The lowest BCUT2D eigenvalue weighted by atomic mass is 10.2. The number of nitrogens with zero attached hydrogens (tertiary/aromatic N) is 1. The molecular formula is C7H6FNO2S. The molecule has 3 nitrogen and oxygen atoms in total. The highest BCUT2D eigenvalue weighted by molar-refractivity contribution is 7.93. The van der Waals surface area contributed by atoms with Crippen molar-refractivity contribution in [3.05, 3.63) is 39.9 Å². The Morgan fingerprint density at radius 1 is 1.42 bits per heavy atom. The van der Waals surface area contributed by atoms with Crippen LogP contribution in [0.25, 0.3) is 0 Å². The third-order valence-corrected chi connectivity index (χ3v) is 1.89. The molecule has 0 fully saturated rings. The molecule has 0 unspecified atom stereocenters. The Bertz CT molecular complexity index is 275. The molecule has 0 aliphatic carbocycles. The van der Waals surface area contributed by atoms with Gasteiger partial charge in [0.25, 0.3) is 11.9 Å². The summed E-state index contributed by atoms with van der Waals surface area (Å²) in [4.78, 5) is 10.5. The standard InChI is InChI=1S/C7H6FNO2S/c8-5-6-1-3-7(4-2-6)12-9(10)11/h1-4H,5H2. The Labute approximate surface area is 72.9 Å². The van der Waals surface area contributed by atoms with Gasteiger partial charge in [-0.15, -0.1) is 0 Å². The van der Waals surface area contributed by atoms with Crippen LogP contribution in [0.2, 0.25) is 0 Å². The molecular weight excluding hydrogens is 181 g/mol. The molecule has 0 heterocycles. The molecule has 0 saturated heterocycles. The Balaban J connectivity index is 2.71. The van der Waals surface area contributed by atoms with Gasteiger partial charge in [0, 0.05) is 0 Å². The van der Waals surface area contributed by atoms with Crippen molar-refractivity contribution in [3.63, 3.8) is 0 Å². The highest BCUT2D eigenvalue weighted by atomic mass is 32.2. The van der Waals surface area contributed by atoms with Crippen LogP contribution in [0.3, 0.4) is 0 Å². The number of alkyl halides is 1. The molecule has 0 aliphatic rings. The highest BCUT2D eigenvalue weighted by Crippen LogP contribution is 2.18. The molecule has 1 rings (SSSR count). The van der Waals surface area contributed by atoms with Gasteiger partial charge in [-0.25, -0.2) is 4.39 Å². The van der Waals surface area contributed by atoms with Gasteiger partial charge in [0.15, 0.2) is 0 Å². The van der Waals surface area contributed by atoms with Gasteiger partial charge in [0.2, 0.25) is 0 Å². The lowest BCUT2D eigenvalue weighted by Gasteiger charge is -1.93. The summed E-state index contributed by atoms with van der Waals surface area (Å²) < 4.78 is 11.5. The average molecular weight is 187 g/mol. The van der Waals surface area contributed by atoms with Crippen LogP contribution >= 0.6 is 11.9 Å². The monoisotopic (exact) mass is 187 g/mol. The first-order chi connectivity index (χ1) is 5.72. The predicted molar refractivity (Wildman–Crippen MR) is 44.1 cm³/mol. The van der Waals surface area contributed by atoms with E-state index in [4.69, 9.17) is 0 Å². The molecule has 0 N–H and O–H groups in total. The fraction of sp³-hybridized carbons (Fsp3) is 0.143. The Morgan fingerprint density at radius 2 is 2.00 bits per heavy atom. The van der Waals surface area contributed by atoms with Crippen LogP contribution in [0.1, 0.15) is 5.56 Å². The Hall–Kier alpha value is -1.10. The van der Waals surface area contributed by atoms with Crippen LogP contribution < -0.4 is 0 Å². The van der Waals surface area contributed by atoms with Crippen LogP contribution in [0, 0.1) is 10.1 Å². The summed E-state index contributed by atoms with van der Waals surface area (Å²) in [5.74, 6) is 0. The zero-order valence-electron chi connectivity index (χ0n) is 6.07. The van der Waals surface area contributed by atoms with E-state index in [2.05, 4.69) is 0 Å². The molecule has 1 aromatic carbocycles.